The van der Waals surface area contributed by atoms with Gasteiger partial charge < -0.3 is 0 Å². The van der Waals surface area contributed by atoms with Crippen molar-refractivity contribution in [2.45, 2.75) is 31.5 Å². The van der Waals surface area contributed by atoms with Gasteiger partial charge in [0.15, 0.2) is 0 Å². The molecule has 0 saturated heterocycles. The van der Waals surface area contributed by atoms with Gasteiger partial charge in [0.2, 0.25) is 0 Å². The molecule has 0 bridgehead atoms. The van der Waals surface area contributed by atoms with Crippen molar-refractivity contribution in [3.63, 3.8) is 0 Å². The van der Waals surface area contributed by atoms with Crippen LogP contribution < -0.4 is 0 Å². The van der Waals surface area contributed by atoms with E-state index in [0.29, 0.717) is 19.3 Å². The summed E-state index contributed by atoms with van der Waals surface area (Å²) >= 11 is 0. The Balaban J connectivity index is 2.47. The van der Waals surface area contributed by atoms with Crippen molar-refractivity contribution in [1.29, 1.82) is 0 Å². The third-order valence-electron chi connectivity index (χ3n) is 1.96. The zero-order valence-corrected chi connectivity index (χ0v) is 10.2. The Morgan fingerprint density at radius 2 is 1.20 bits per heavy atom. The molecule has 0 radical (unpaired) electrons. The van der Waals surface area contributed by atoms with Gasteiger partial charge in [-0.1, -0.05) is 0 Å². The predicted molar refractivity (Wildman–Crippen MR) is 53.3 cm³/mol. The van der Waals surface area contributed by atoms with Crippen LogP contribution in [0.2, 0.25) is 0 Å². The Kier molecular flexibility index (Phi) is 3.75. The van der Waals surface area contributed by atoms with Crippen LogP contribution in [0.1, 0.15) is 19.3 Å². The Hall–Kier alpha value is -0.180. The lowest BCUT2D eigenvalue weighted by molar-refractivity contribution is 0.177. The summed E-state index contributed by atoms with van der Waals surface area (Å²) < 4.78 is 52.7. The Bertz CT molecular complexity index is 369. The van der Waals surface area contributed by atoms with Gasteiger partial charge in [0.1, 0.15) is 0 Å². The van der Waals surface area contributed by atoms with Crippen LogP contribution in [0.15, 0.2) is 0 Å². The molecule has 2 atom stereocenters. The first-order chi connectivity index (χ1) is 6.66. The lowest BCUT2D eigenvalue weighted by Crippen LogP contribution is -2.18. The number of rotatable bonds is 4. The van der Waals surface area contributed by atoms with Crippen molar-refractivity contribution < 1.29 is 25.2 Å². The fourth-order valence-corrected chi connectivity index (χ4v) is 2.91. The highest BCUT2D eigenvalue weighted by Gasteiger charge is 2.30. The van der Waals surface area contributed by atoms with Gasteiger partial charge in [-0.05, 0) is 12.8 Å². The maximum absolute atomic E-state index is 10.8. The van der Waals surface area contributed by atoms with E-state index in [1.165, 1.54) is 0 Å². The van der Waals surface area contributed by atoms with Crippen LogP contribution in [0.3, 0.4) is 0 Å². The summed E-state index contributed by atoms with van der Waals surface area (Å²) in [5.74, 6) is 0. The minimum atomic E-state index is -3.48. The van der Waals surface area contributed by atoms with E-state index in [1.807, 2.05) is 0 Å². The lowest BCUT2D eigenvalue weighted by atomic mass is 10.3. The number of hydrogen-bond acceptors (Lipinski definition) is 6. The molecule has 0 heterocycles. The van der Waals surface area contributed by atoms with Gasteiger partial charge >= 0.3 is 0 Å². The third-order valence-corrected chi connectivity index (χ3v) is 3.20. The molecule has 0 aliphatic heterocycles. The highest BCUT2D eigenvalue weighted by Crippen LogP contribution is 2.26. The van der Waals surface area contributed by atoms with Gasteiger partial charge in [-0.2, -0.15) is 16.8 Å². The first kappa shape index (κ1) is 12.9. The van der Waals surface area contributed by atoms with Crippen molar-refractivity contribution in [1.82, 2.24) is 0 Å². The highest BCUT2D eigenvalue weighted by molar-refractivity contribution is 7.86. The molecule has 1 fully saturated rings. The summed E-state index contributed by atoms with van der Waals surface area (Å²) in [6.07, 6.45) is 2.29. The summed E-state index contributed by atoms with van der Waals surface area (Å²) in [5, 5.41) is 0. The Morgan fingerprint density at radius 3 is 1.47 bits per heavy atom. The highest BCUT2D eigenvalue weighted by atomic mass is 32.2. The maximum atomic E-state index is 10.8. The van der Waals surface area contributed by atoms with Crippen molar-refractivity contribution in [3.8, 4) is 0 Å². The SMILES string of the molecule is CS(=O)(=O)OC1CCC(OS(C)(=O)=O)C1. The topological polar surface area (TPSA) is 86.7 Å². The van der Waals surface area contributed by atoms with Gasteiger partial charge in [0.05, 0.1) is 24.7 Å². The van der Waals surface area contributed by atoms with Gasteiger partial charge in [-0.15, -0.1) is 0 Å². The largest absolute Gasteiger partial charge is 0.267 e. The zero-order valence-electron chi connectivity index (χ0n) is 8.54. The van der Waals surface area contributed by atoms with Gasteiger partial charge in [-0.3, -0.25) is 8.37 Å². The molecule has 15 heavy (non-hydrogen) atoms. The second-order valence-corrected chi connectivity index (χ2v) is 6.86. The molecule has 8 heteroatoms. The van der Waals surface area contributed by atoms with Crippen LogP contribution in [0, 0.1) is 0 Å². The van der Waals surface area contributed by atoms with Crippen LogP contribution in [-0.4, -0.2) is 41.6 Å². The molecule has 1 aliphatic rings. The van der Waals surface area contributed by atoms with E-state index in [9.17, 15) is 16.8 Å². The monoisotopic (exact) mass is 258 g/mol. The molecular formula is C7H14O6S2. The van der Waals surface area contributed by atoms with E-state index >= 15 is 0 Å². The molecule has 6 nitrogen and oxygen atoms in total. The molecule has 0 N–H and O–H groups in total. The van der Waals surface area contributed by atoms with E-state index in [4.69, 9.17) is 8.37 Å². The minimum absolute atomic E-state index is 0.292. The standard InChI is InChI=1S/C7H14O6S2/c1-14(8,9)12-6-3-4-7(5-6)13-15(2,10)11/h6-7H,3-5H2,1-2H3. The Labute approximate surface area is 89.8 Å². The van der Waals surface area contributed by atoms with Gasteiger partial charge in [0, 0.05) is 6.42 Å². The fourth-order valence-electron chi connectivity index (χ4n) is 1.57. The first-order valence-corrected chi connectivity index (χ1v) is 8.05. The van der Waals surface area contributed by atoms with Gasteiger partial charge in [-0.25, -0.2) is 0 Å². The van der Waals surface area contributed by atoms with Crippen molar-refractivity contribution in [3.05, 3.63) is 0 Å². The molecule has 90 valence electrons. The third kappa shape index (κ3) is 5.45. The average molecular weight is 258 g/mol. The second kappa shape index (κ2) is 4.36. The van der Waals surface area contributed by atoms with E-state index in [-0.39, 0.29) is 0 Å². The molecular weight excluding hydrogens is 244 g/mol. The molecule has 0 aromatic rings. The molecule has 1 aliphatic carbocycles. The smallest absolute Gasteiger partial charge is 0.264 e. The lowest BCUT2D eigenvalue weighted by Gasteiger charge is -2.10. The summed E-state index contributed by atoms with van der Waals surface area (Å²) in [6, 6.07) is 0. The average Bonchev–Trinajstić information content (AvgIpc) is 2.28. The van der Waals surface area contributed by atoms with E-state index in [2.05, 4.69) is 0 Å². The normalized spacial score (nSPS) is 28.1. The minimum Gasteiger partial charge on any atom is -0.267 e. The van der Waals surface area contributed by atoms with Crippen molar-refractivity contribution in [2.75, 3.05) is 12.5 Å². The molecule has 0 spiro atoms. The molecule has 0 amide bonds. The van der Waals surface area contributed by atoms with Crippen LogP contribution in [0.25, 0.3) is 0 Å². The summed E-state index contributed by atoms with van der Waals surface area (Å²) in [6.45, 7) is 0. The fraction of sp³-hybridized carbons (Fsp3) is 1.00. The van der Waals surface area contributed by atoms with Crippen LogP contribution in [0.4, 0.5) is 0 Å². The molecule has 1 saturated carbocycles. The van der Waals surface area contributed by atoms with E-state index < -0.39 is 32.4 Å². The first-order valence-electron chi connectivity index (χ1n) is 4.42. The maximum Gasteiger partial charge on any atom is 0.264 e. The van der Waals surface area contributed by atoms with Gasteiger partial charge in [0.25, 0.3) is 20.2 Å². The van der Waals surface area contributed by atoms with Crippen molar-refractivity contribution in [2.24, 2.45) is 0 Å². The Morgan fingerprint density at radius 1 is 0.867 bits per heavy atom. The quantitative estimate of drug-likeness (QED) is 0.652. The summed E-state index contributed by atoms with van der Waals surface area (Å²) in [4.78, 5) is 0. The van der Waals surface area contributed by atoms with Crippen molar-refractivity contribution >= 4 is 20.2 Å². The zero-order chi connectivity index (χ0) is 11.7. The van der Waals surface area contributed by atoms with E-state index in [1.54, 1.807) is 0 Å². The molecule has 1 rings (SSSR count). The van der Waals surface area contributed by atoms with E-state index in [0.717, 1.165) is 12.5 Å². The summed E-state index contributed by atoms with van der Waals surface area (Å²) in [5.41, 5.74) is 0. The molecule has 2 unspecified atom stereocenters. The number of hydrogen-bond donors (Lipinski definition) is 0. The summed E-state index contributed by atoms with van der Waals surface area (Å²) in [7, 11) is -6.96. The van der Waals surface area contributed by atoms with Crippen LogP contribution in [0.5, 0.6) is 0 Å². The van der Waals surface area contributed by atoms with Crippen LogP contribution in [-0.2, 0) is 28.6 Å². The second-order valence-electron chi connectivity index (χ2n) is 3.66. The predicted octanol–water partition coefficient (Wildman–Crippen LogP) is -0.140. The molecule has 0 aromatic heterocycles. The van der Waals surface area contributed by atoms with Crippen LogP contribution >= 0.6 is 0 Å². The molecule has 0 aromatic carbocycles.